The molecule has 1 aromatic heterocycles. The van der Waals surface area contributed by atoms with Gasteiger partial charge in [0.15, 0.2) is 11.5 Å². The van der Waals surface area contributed by atoms with E-state index in [-0.39, 0.29) is 12.7 Å². The number of fused-ring (bicyclic) bond motifs is 2. The van der Waals surface area contributed by atoms with Crippen LogP contribution in [0, 0.1) is 0 Å². The molecule has 3 aromatic rings. The number of nitrogens with zero attached hydrogens (tertiary/aromatic N) is 3. The van der Waals surface area contributed by atoms with E-state index in [1.54, 1.807) is 20.4 Å². The number of hydrogen-bond acceptors (Lipinski definition) is 8. The summed E-state index contributed by atoms with van der Waals surface area (Å²) < 4.78 is 37.1. The van der Waals surface area contributed by atoms with Gasteiger partial charge in [0, 0.05) is 28.7 Å². The molecular formula is C21H24ClN3O6S. The van der Waals surface area contributed by atoms with Crippen molar-refractivity contribution in [2.75, 3.05) is 31.4 Å². The average Bonchev–Trinajstić information content (AvgIpc) is 3.14. The number of hydrogen-bond donors (Lipinski definition) is 2. The van der Waals surface area contributed by atoms with Crippen molar-refractivity contribution in [1.82, 2.24) is 9.97 Å². The van der Waals surface area contributed by atoms with Crippen LogP contribution in [0.2, 0.25) is 5.02 Å². The molecule has 1 aliphatic heterocycles. The zero-order chi connectivity index (χ0) is 23.5. The number of benzene rings is 2. The monoisotopic (exact) mass is 481 g/mol. The predicted octanol–water partition coefficient (Wildman–Crippen LogP) is 3.25. The van der Waals surface area contributed by atoms with Gasteiger partial charge in [0.2, 0.25) is 0 Å². The quantitative estimate of drug-likeness (QED) is 0.528. The van der Waals surface area contributed by atoms with Gasteiger partial charge in [0.05, 0.1) is 25.5 Å². The van der Waals surface area contributed by atoms with Gasteiger partial charge in [-0.1, -0.05) is 17.7 Å². The second-order valence-electron chi connectivity index (χ2n) is 7.24. The summed E-state index contributed by atoms with van der Waals surface area (Å²) in [6.07, 6.45) is 2.86. The maximum atomic E-state index is 9.27. The normalized spacial score (nSPS) is 13.9. The SMILES string of the molecule is COc1cc2c(N3CCc4ccc(Cl)cc43)ncnc2cc1OC(C)CO.CS(=O)(=O)O. The Labute approximate surface area is 191 Å². The van der Waals surface area contributed by atoms with Crippen molar-refractivity contribution in [3.63, 3.8) is 0 Å². The summed E-state index contributed by atoms with van der Waals surface area (Å²) in [7, 11) is -2.08. The first-order valence-electron chi connectivity index (χ1n) is 9.69. The number of anilines is 2. The Morgan fingerprint density at radius 3 is 2.59 bits per heavy atom. The molecule has 32 heavy (non-hydrogen) atoms. The lowest BCUT2D eigenvalue weighted by atomic mass is 10.1. The summed E-state index contributed by atoms with van der Waals surface area (Å²) >= 11 is 6.21. The Morgan fingerprint density at radius 1 is 1.22 bits per heavy atom. The van der Waals surface area contributed by atoms with Crippen LogP contribution in [0.5, 0.6) is 11.5 Å². The topological polar surface area (TPSA) is 122 Å². The molecule has 0 aliphatic carbocycles. The Kier molecular flexibility index (Phi) is 7.40. The Hall–Kier alpha value is -2.66. The van der Waals surface area contributed by atoms with Gasteiger partial charge in [-0.25, -0.2) is 9.97 Å². The standard InChI is InChI=1S/C20H20ClN3O3.CH4O3S/c1-12(10-25)27-19-9-16-15(8-18(19)26-2)20(23-11-22-16)24-6-5-13-3-4-14(21)7-17(13)24;1-5(2,3)4/h3-4,7-9,11-12,25H,5-6,10H2,1-2H3;1H3,(H,2,3,4). The molecule has 2 aromatic carbocycles. The third-order valence-electron chi connectivity index (χ3n) is 4.68. The van der Waals surface area contributed by atoms with Gasteiger partial charge in [-0.05, 0) is 37.1 Å². The second-order valence-corrected chi connectivity index (χ2v) is 9.14. The van der Waals surface area contributed by atoms with Crippen molar-refractivity contribution < 1.29 is 27.6 Å². The zero-order valence-corrected chi connectivity index (χ0v) is 19.4. The van der Waals surface area contributed by atoms with Gasteiger partial charge in [0.25, 0.3) is 10.1 Å². The Morgan fingerprint density at radius 2 is 1.94 bits per heavy atom. The molecule has 1 unspecified atom stereocenters. The molecular weight excluding hydrogens is 458 g/mol. The van der Waals surface area contributed by atoms with E-state index in [2.05, 4.69) is 20.9 Å². The lowest BCUT2D eigenvalue weighted by Crippen LogP contribution is -2.17. The molecule has 0 bridgehead atoms. The van der Waals surface area contributed by atoms with Crippen LogP contribution < -0.4 is 14.4 Å². The third kappa shape index (κ3) is 5.77. The smallest absolute Gasteiger partial charge is 0.261 e. The van der Waals surface area contributed by atoms with E-state index >= 15 is 0 Å². The van der Waals surface area contributed by atoms with Crippen LogP contribution >= 0.6 is 11.6 Å². The van der Waals surface area contributed by atoms with E-state index in [1.165, 1.54) is 5.56 Å². The van der Waals surface area contributed by atoms with Crippen molar-refractivity contribution in [3.8, 4) is 11.5 Å². The summed E-state index contributed by atoms with van der Waals surface area (Å²) in [5, 5.41) is 10.8. The highest BCUT2D eigenvalue weighted by Crippen LogP contribution is 2.40. The molecule has 172 valence electrons. The molecule has 1 aliphatic rings. The summed E-state index contributed by atoms with van der Waals surface area (Å²) in [5.41, 5.74) is 3.06. The van der Waals surface area contributed by atoms with Crippen molar-refractivity contribution in [3.05, 3.63) is 47.2 Å². The minimum Gasteiger partial charge on any atom is -0.493 e. The van der Waals surface area contributed by atoms with Gasteiger partial charge in [-0.2, -0.15) is 8.42 Å². The second kappa shape index (κ2) is 9.86. The van der Waals surface area contributed by atoms with Crippen LogP contribution in [0.15, 0.2) is 36.7 Å². The van der Waals surface area contributed by atoms with Crippen molar-refractivity contribution in [2.45, 2.75) is 19.4 Å². The Bertz CT molecular complexity index is 1210. The molecule has 2 N–H and O–H groups in total. The fourth-order valence-electron chi connectivity index (χ4n) is 3.34. The van der Waals surface area contributed by atoms with Crippen LogP contribution in [-0.2, 0) is 16.5 Å². The highest BCUT2D eigenvalue weighted by molar-refractivity contribution is 7.85. The molecule has 4 rings (SSSR count). The van der Waals surface area contributed by atoms with Crippen LogP contribution in [0.1, 0.15) is 12.5 Å². The van der Waals surface area contributed by atoms with Gasteiger partial charge >= 0.3 is 0 Å². The fourth-order valence-corrected chi connectivity index (χ4v) is 3.51. The van der Waals surface area contributed by atoms with E-state index in [4.69, 9.17) is 25.6 Å². The minimum absolute atomic E-state index is 0.0818. The maximum absolute atomic E-state index is 9.27. The average molecular weight is 482 g/mol. The van der Waals surface area contributed by atoms with E-state index < -0.39 is 10.1 Å². The molecule has 9 nitrogen and oxygen atoms in total. The molecule has 0 radical (unpaired) electrons. The fraction of sp³-hybridized carbons (Fsp3) is 0.333. The van der Waals surface area contributed by atoms with Gasteiger partial charge in [0.1, 0.15) is 18.2 Å². The van der Waals surface area contributed by atoms with Gasteiger partial charge in [-0.3, -0.25) is 4.55 Å². The predicted molar refractivity (Wildman–Crippen MR) is 123 cm³/mol. The van der Waals surface area contributed by atoms with Crippen LogP contribution in [0.3, 0.4) is 0 Å². The third-order valence-corrected chi connectivity index (χ3v) is 4.92. The first-order valence-corrected chi connectivity index (χ1v) is 11.9. The molecule has 2 heterocycles. The summed E-state index contributed by atoms with van der Waals surface area (Å²) in [5.74, 6) is 1.92. The largest absolute Gasteiger partial charge is 0.493 e. The van der Waals surface area contributed by atoms with Crippen molar-refractivity contribution in [1.29, 1.82) is 0 Å². The van der Waals surface area contributed by atoms with Gasteiger partial charge < -0.3 is 19.5 Å². The van der Waals surface area contributed by atoms with Crippen molar-refractivity contribution in [2.24, 2.45) is 0 Å². The summed E-state index contributed by atoms with van der Waals surface area (Å²) in [4.78, 5) is 11.1. The van der Waals surface area contributed by atoms with E-state index in [0.29, 0.717) is 22.8 Å². The zero-order valence-electron chi connectivity index (χ0n) is 17.8. The van der Waals surface area contributed by atoms with Crippen LogP contribution in [-0.4, -0.2) is 60.7 Å². The molecule has 11 heteroatoms. The number of aliphatic hydroxyl groups excluding tert-OH is 1. The van der Waals surface area contributed by atoms with Crippen molar-refractivity contribution >= 4 is 44.1 Å². The first kappa shape index (κ1) is 24.0. The lowest BCUT2D eigenvalue weighted by molar-refractivity contribution is 0.126. The lowest BCUT2D eigenvalue weighted by Gasteiger charge is -2.21. The maximum Gasteiger partial charge on any atom is 0.261 e. The minimum atomic E-state index is -3.67. The highest BCUT2D eigenvalue weighted by atomic mass is 35.5. The number of ether oxygens (including phenoxy) is 2. The van der Waals surface area contributed by atoms with Crippen LogP contribution in [0.4, 0.5) is 11.5 Å². The number of aliphatic hydroxyl groups is 1. The van der Waals surface area contributed by atoms with E-state index in [0.717, 1.165) is 35.4 Å². The summed E-state index contributed by atoms with van der Waals surface area (Å²) in [6, 6.07) is 9.64. The highest BCUT2D eigenvalue weighted by Gasteiger charge is 2.24. The summed E-state index contributed by atoms with van der Waals surface area (Å²) in [6.45, 7) is 2.53. The molecule has 0 saturated heterocycles. The van der Waals surface area contributed by atoms with E-state index in [9.17, 15) is 13.5 Å². The molecule has 0 amide bonds. The number of halogens is 1. The Balaban J connectivity index is 0.000000523. The number of aromatic nitrogens is 2. The number of methoxy groups -OCH3 is 1. The van der Waals surface area contributed by atoms with Crippen LogP contribution in [0.25, 0.3) is 10.9 Å². The molecule has 0 spiro atoms. The molecule has 1 atom stereocenters. The number of rotatable bonds is 5. The van der Waals surface area contributed by atoms with Gasteiger partial charge in [-0.15, -0.1) is 0 Å². The first-order chi connectivity index (χ1) is 15.1. The molecule has 0 fully saturated rings. The molecule has 0 saturated carbocycles. The van der Waals surface area contributed by atoms with E-state index in [1.807, 2.05) is 24.3 Å².